The van der Waals surface area contributed by atoms with Crippen LogP contribution in [0.25, 0.3) is 0 Å². The van der Waals surface area contributed by atoms with Gasteiger partial charge in [-0.2, -0.15) is 0 Å². The fourth-order valence-electron chi connectivity index (χ4n) is 3.57. The summed E-state index contributed by atoms with van der Waals surface area (Å²) < 4.78 is 0. The third-order valence-electron chi connectivity index (χ3n) is 4.41. The van der Waals surface area contributed by atoms with Gasteiger partial charge in [0.1, 0.15) is 0 Å². The number of Topliss-reactive ketones (excluding diaryl/α,β-unsaturated/α-hetero) is 2. The quantitative estimate of drug-likeness (QED) is 0.516. The Morgan fingerprint density at radius 3 is 0.583 bits per heavy atom. The van der Waals surface area contributed by atoms with Crippen LogP contribution in [0.1, 0.15) is 83.1 Å². The molecule has 0 amide bonds. The van der Waals surface area contributed by atoms with E-state index in [4.69, 9.17) is 0 Å². The predicted molar refractivity (Wildman–Crippen MR) is 102 cm³/mol. The van der Waals surface area contributed by atoms with E-state index in [1.54, 1.807) is 0 Å². The molecule has 0 aromatic carbocycles. The van der Waals surface area contributed by atoms with E-state index in [1.165, 1.54) is 0 Å². The molecule has 1 aliphatic carbocycles. The summed E-state index contributed by atoms with van der Waals surface area (Å²) in [5.41, 5.74) is 1.31. The molecule has 0 atom stereocenters. The van der Waals surface area contributed by atoms with Crippen molar-refractivity contribution in [1.82, 2.24) is 0 Å². The van der Waals surface area contributed by atoms with Crippen LogP contribution in [-0.2, 0) is 9.59 Å². The summed E-state index contributed by atoms with van der Waals surface area (Å²) in [7, 11) is 0. The van der Waals surface area contributed by atoms with Gasteiger partial charge < -0.3 is 0 Å². The lowest BCUT2D eigenvalue weighted by molar-refractivity contribution is -0.119. The normalized spacial score (nSPS) is 18.7. The largest absolute Gasteiger partial charge is 0.289 e. The van der Waals surface area contributed by atoms with E-state index in [1.807, 2.05) is 83.1 Å². The summed E-state index contributed by atoms with van der Waals surface area (Å²) in [6.45, 7) is 24.4. The maximum atomic E-state index is 13.6. The zero-order valence-corrected chi connectivity index (χ0v) is 17.8. The highest BCUT2D eigenvalue weighted by Crippen LogP contribution is 2.49. The van der Waals surface area contributed by atoms with Gasteiger partial charge in [-0.3, -0.25) is 9.59 Å². The first-order valence-electron chi connectivity index (χ1n) is 8.91. The summed E-state index contributed by atoms with van der Waals surface area (Å²) >= 11 is 0. The van der Waals surface area contributed by atoms with Gasteiger partial charge in [0.05, 0.1) is 0 Å². The standard InChI is InChI=1S/C22H36O2/c1-19(2,3)13-14(20(4,5)6)18(24)16(22(10,11)12)15(17(13)23)21(7,8)9/h1-12H3. The van der Waals surface area contributed by atoms with E-state index in [-0.39, 0.29) is 33.2 Å². The molecule has 0 saturated heterocycles. The van der Waals surface area contributed by atoms with E-state index in [0.717, 1.165) is 0 Å². The van der Waals surface area contributed by atoms with Crippen LogP contribution < -0.4 is 0 Å². The Balaban J connectivity index is 4.00. The summed E-state index contributed by atoms with van der Waals surface area (Å²) in [5.74, 6) is 0.119. The number of allylic oxidation sites excluding steroid dienone is 4. The zero-order chi connectivity index (χ0) is 19.5. The summed E-state index contributed by atoms with van der Waals surface area (Å²) in [6.07, 6.45) is 0. The molecule has 2 nitrogen and oxygen atoms in total. The minimum absolute atomic E-state index is 0.0597. The van der Waals surface area contributed by atoms with Crippen molar-refractivity contribution in [3.8, 4) is 0 Å². The smallest absolute Gasteiger partial charge is 0.186 e. The molecule has 2 heteroatoms. The van der Waals surface area contributed by atoms with Crippen molar-refractivity contribution >= 4 is 11.6 Å². The molecule has 0 saturated carbocycles. The topological polar surface area (TPSA) is 34.1 Å². The number of carbonyl (C=O) groups is 2. The Kier molecular flexibility index (Phi) is 4.93. The molecular formula is C22H36O2. The Morgan fingerprint density at radius 2 is 0.500 bits per heavy atom. The van der Waals surface area contributed by atoms with Crippen molar-refractivity contribution in [2.45, 2.75) is 83.1 Å². The molecule has 0 fully saturated rings. The lowest BCUT2D eigenvalue weighted by Crippen LogP contribution is -2.41. The van der Waals surface area contributed by atoms with E-state index >= 15 is 0 Å². The fourth-order valence-corrected chi connectivity index (χ4v) is 3.57. The van der Waals surface area contributed by atoms with Crippen molar-refractivity contribution in [2.75, 3.05) is 0 Å². The molecule has 136 valence electrons. The van der Waals surface area contributed by atoms with Crippen LogP contribution in [0.3, 0.4) is 0 Å². The van der Waals surface area contributed by atoms with E-state index < -0.39 is 0 Å². The van der Waals surface area contributed by atoms with Crippen LogP contribution >= 0.6 is 0 Å². The minimum Gasteiger partial charge on any atom is -0.289 e. The molecule has 0 aromatic rings. The van der Waals surface area contributed by atoms with E-state index in [2.05, 4.69) is 0 Å². The second-order valence-electron chi connectivity index (χ2n) is 11.2. The second-order valence-corrected chi connectivity index (χ2v) is 11.2. The first kappa shape index (κ1) is 20.9. The molecule has 0 aliphatic heterocycles. The molecular weight excluding hydrogens is 296 g/mol. The molecule has 0 unspecified atom stereocenters. The first-order valence-corrected chi connectivity index (χ1v) is 8.91. The molecule has 1 aliphatic rings. The maximum Gasteiger partial charge on any atom is 0.186 e. The number of ketones is 2. The van der Waals surface area contributed by atoms with Gasteiger partial charge >= 0.3 is 0 Å². The Morgan fingerprint density at radius 1 is 0.375 bits per heavy atom. The van der Waals surface area contributed by atoms with Gasteiger partial charge in [0.2, 0.25) is 0 Å². The Labute approximate surface area is 148 Å². The second kappa shape index (κ2) is 5.68. The fraction of sp³-hybridized carbons (Fsp3) is 0.727. The van der Waals surface area contributed by atoms with Crippen molar-refractivity contribution in [3.63, 3.8) is 0 Å². The van der Waals surface area contributed by atoms with Crippen molar-refractivity contribution in [1.29, 1.82) is 0 Å². The van der Waals surface area contributed by atoms with Crippen molar-refractivity contribution in [3.05, 3.63) is 22.3 Å². The molecule has 0 spiro atoms. The van der Waals surface area contributed by atoms with Crippen molar-refractivity contribution < 1.29 is 9.59 Å². The van der Waals surface area contributed by atoms with Gasteiger partial charge in [-0.1, -0.05) is 83.1 Å². The highest BCUT2D eigenvalue weighted by atomic mass is 16.1. The first-order chi connectivity index (χ1) is 10.3. The molecule has 0 N–H and O–H groups in total. The minimum atomic E-state index is -0.366. The highest BCUT2D eigenvalue weighted by Gasteiger charge is 2.47. The molecule has 1 rings (SSSR count). The lowest BCUT2D eigenvalue weighted by Gasteiger charge is -2.42. The molecule has 24 heavy (non-hydrogen) atoms. The van der Waals surface area contributed by atoms with Crippen LogP contribution in [0.15, 0.2) is 22.3 Å². The molecule has 0 aromatic heterocycles. The molecule has 0 radical (unpaired) electrons. The Bertz CT molecular complexity index is 517. The highest BCUT2D eigenvalue weighted by molar-refractivity contribution is 6.26. The third-order valence-corrected chi connectivity index (χ3v) is 4.41. The van der Waals surface area contributed by atoms with Crippen molar-refractivity contribution in [2.24, 2.45) is 21.7 Å². The van der Waals surface area contributed by atoms with E-state index in [9.17, 15) is 9.59 Å². The summed E-state index contributed by atoms with van der Waals surface area (Å²) in [5, 5.41) is 0. The third kappa shape index (κ3) is 3.73. The van der Waals surface area contributed by atoms with Crippen LogP contribution in [-0.4, -0.2) is 11.6 Å². The summed E-state index contributed by atoms with van der Waals surface area (Å²) in [6, 6.07) is 0. The maximum absolute atomic E-state index is 13.6. The summed E-state index contributed by atoms with van der Waals surface area (Å²) in [4.78, 5) is 27.2. The number of carbonyl (C=O) groups excluding carboxylic acids is 2. The van der Waals surface area contributed by atoms with Gasteiger partial charge in [-0.05, 0) is 21.7 Å². The molecule has 0 heterocycles. The van der Waals surface area contributed by atoms with Gasteiger partial charge in [0.15, 0.2) is 11.6 Å². The van der Waals surface area contributed by atoms with Gasteiger partial charge in [0.25, 0.3) is 0 Å². The van der Waals surface area contributed by atoms with Crippen LogP contribution in [0, 0.1) is 21.7 Å². The van der Waals surface area contributed by atoms with Gasteiger partial charge in [-0.25, -0.2) is 0 Å². The molecule has 0 bridgehead atoms. The average Bonchev–Trinajstić information content (AvgIpc) is 2.24. The zero-order valence-electron chi connectivity index (χ0n) is 17.8. The van der Waals surface area contributed by atoms with Crippen LogP contribution in [0.2, 0.25) is 0 Å². The number of rotatable bonds is 0. The van der Waals surface area contributed by atoms with Crippen LogP contribution in [0.5, 0.6) is 0 Å². The predicted octanol–water partition coefficient (Wildman–Crippen LogP) is 5.92. The lowest BCUT2D eigenvalue weighted by atomic mass is 9.60. The number of hydrogen-bond donors (Lipinski definition) is 0. The monoisotopic (exact) mass is 332 g/mol. The van der Waals surface area contributed by atoms with E-state index in [0.29, 0.717) is 22.3 Å². The Hall–Kier alpha value is -1.18. The van der Waals surface area contributed by atoms with Crippen LogP contribution in [0.4, 0.5) is 0 Å². The average molecular weight is 333 g/mol. The number of hydrogen-bond acceptors (Lipinski definition) is 2. The SMILES string of the molecule is CC(C)(C)C1=C(C(C)(C)C)C(=O)C(C(C)(C)C)=C(C(C)(C)C)C1=O. The van der Waals surface area contributed by atoms with Gasteiger partial charge in [0, 0.05) is 22.3 Å². The van der Waals surface area contributed by atoms with Gasteiger partial charge in [-0.15, -0.1) is 0 Å².